The number of hydrogen-bond acceptors (Lipinski definition) is 1. The van der Waals surface area contributed by atoms with Gasteiger partial charge in [0.05, 0.1) is 0 Å². The van der Waals surface area contributed by atoms with Gasteiger partial charge in [0.15, 0.2) is 0 Å². The van der Waals surface area contributed by atoms with E-state index in [1.807, 2.05) is 0 Å². The minimum Gasteiger partial charge on any atom is -0.481 e. The Labute approximate surface area is 138 Å². The second kappa shape index (κ2) is 16.6. The van der Waals surface area contributed by atoms with Gasteiger partial charge in [-0.15, -0.1) is 0 Å². The Morgan fingerprint density at radius 1 is 0.864 bits per heavy atom. The summed E-state index contributed by atoms with van der Waals surface area (Å²) < 4.78 is 0. The maximum Gasteiger partial charge on any atom is 0.303 e. The van der Waals surface area contributed by atoms with Crippen LogP contribution in [-0.4, -0.2) is 11.1 Å². The molecule has 0 saturated carbocycles. The van der Waals surface area contributed by atoms with E-state index in [0.29, 0.717) is 6.42 Å². The van der Waals surface area contributed by atoms with Crippen LogP contribution >= 0.6 is 0 Å². The second-order valence-electron chi connectivity index (χ2n) is 6.52. The Morgan fingerprint density at radius 2 is 1.55 bits per heavy atom. The summed E-state index contributed by atoms with van der Waals surface area (Å²) in [6.07, 6.45) is 21.2. The summed E-state index contributed by atoms with van der Waals surface area (Å²) in [4.78, 5) is 10.4. The number of aliphatic carboxylic acids is 1. The maximum absolute atomic E-state index is 10.4. The molecule has 1 N–H and O–H groups in total. The van der Waals surface area contributed by atoms with Gasteiger partial charge in [0.25, 0.3) is 0 Å². The number of unbranched alkanes of at least 4 members (excludes halogenated alkanes) is 7. The van der Waals surface area contributed by atoms with Gasteiger partial charge in [-0.25, -0.2) is 0 Å². The molecule has 1 unspecified atom stereocenters. The Hall–Kier alpha value is -0.790. The van der Waals surface area contributed by atoms with Crippen molar-refractivity contribution in [3.63, 3.8) is 0 Å². The molecule has 0 amide bonds. The lowest BCUT2D eigenvalue weighted by Crippen LogP contribution is -1.98. The van der Waals surface area contributed by atoms with Crippen LogP contribution in [0, 0.1) is 5.92 Å². The summed E-state index contributed by atoms with van der Waals surface area (Å²) in [7, 11) is 0. The predicted molar refractivity (Wildman–Crippen MR) is 96.3 cm³/mol. The van der Waals surface area contributed by atoms with E-state index in [9.17, 15) is 4.79 Å². The number of allylic oxidation sites excluding steroid dienone is 2. The monoisotopic (exact) mass is 310 g/mol. The third-order valence-corrected chi connectivity index (χ3v) is 4.46. The molecule has 0 radical (unpaired) electrons. The van der Waals surface area contributed by atoms with Crippen LogP contribution in [0.15, 0.2) is 12.2 Å². The van der Waals surface area contributed by atoms with E-state index >= 15 is 0 Å². The SMILES string of the molecule is CCCCCC=CCCC(CC)CCCCCCCC(=O)O. The van der Waals surface area contributed by atoms with Gasteiger partial charge in [0.2, 0.25) is 0 Å². The molecule has 0 aromatic carbocycles. The molecule has 0 aromatic rings. The lowest BCUT2D eigenvalue weighted by atomic mass is 9.93. The van der Waals surface area contributed by atoms with Gasteiger partial charge in [-0.2, -0.15) is 0 Å². The van der Waals surface area contributed by atoms with Crippen molar-refractivity contribution >= 4 is 5.97 Å². The number of carboxylic acids is 1. The highest BCUT2D eigenvalue weighted by atomic mass is 16.4. The van der Waals surface area contributed by atoms with Crippen molar-refractivity contribution in [2.45, 2.75) is 104 Å². The molecule has 130 valence electrons. The third-order valence-electron chi connectivity index (χ3n) is 4.46. The van der Waals surface area contributed by atoms with Crippen LogP contribution in [0.2, 0.25) is 0 Å². The summed E-state index contributed by atoms with van der Waals surface area (Å²) in [5.74, 6) is 0.216. The molecule has 2 heteroatoms. The molecule has 0 fully saturated rings. The smallest absolute Gasteiger partial charge is 0.303 e. The molecule has 0 aliphatic heterocycles. The van der Waals surface area contributed by atoms with Crippen molar-refractivity contribution < 1.29 is 9.90 Å². The first-order chi connectivity index (χ1) is 10.7. The summed E-state index contributed by atoms with van der Waals surface area (Å²) in [6, 6.07) is 0. The molecule has 0 aromatic heterocycles. The molecule has 0 spiro atoms. The van der Waals surface area contributed by atoms with Crippen molar-refractivity contribution in [1.29, 1.82) is 0 Å². The average Bonchev–Trinajstić information content (AvgIpc) is 2.50. The van der Waals surface area contributed by atoms with Crippen molar-refractivity contribution in [2.24, 2.45) is 5.92 Å². The maximum atomic E-state index is 10.4. The van der Waals surface area contributed by atoms with E-state index in [1.54, 1.807) is 0 Å². The molecular weight excluding hydrogens is 272 g/mol. The highest BCUT2D eigenvalue weighted by Crippen LogP contribution is 2.20. The van der Waals surface area contributed by atoms with Crippen molar-refractivity contribution in [2.75, 3.05) is 0 Å². The highest BCUT2D eigenvalue weighted by Gasteiger charge is 2.05. The Balaban J connectivity index is 3.45. The fraction of sp³-hybridized carbons (Fsp3) is 0.850. The number of hydrogen-bond donors (Lipinski definition) is 1. The topological polar surface area (TPSA) is 37.3 Å². The zero-order valence-corrected chi connectivity index (χ0v) is 15.0. The van der Waals surface area contributed by atoms with Gasteiger partial charge in [-0.05, 0) is 38.0 Å². The van der Waals surface area contributed by atoms with E-state index in [0.717, 1.165) is 18.8 Å². The second-order valence-corrected chi connectivity index (χ2v) is 6.52. The molecule has 0 bridgehead atoms. The largest absolute Gasteiger partial charge is 0.481 e. The van der Waals surface area contributed by atoms with Crippen LogP contribution in [0.4, 0.5) is 0 Å². The Kier molecular flexibility index (Phi) is 16.0. The Morgan fingerprint density at radius 3 is 2.23 bits per heavy atom. The summed E-state index contributed by atoms with van der Waals surface area (Å²) in [5.41, 5.74) is 0. The van der Waals surface area contributed by atoms with Gasteiger partial charge in [-0.1, -0.05) is 77.4 Å². The Bertz CT molecular complexity index is 271. The predicted octanol–water partition coefficient (Wildman–Crippen LogP) is 6.74. The quantitative estimate of drug-likeness (QED) is 0.253. The van der Waals surface area contributed by atoms with Crippen molar-refractivity contribution in [3.8, 4) is 0 Å². The molecule has 0 aliphatic carbocycles. The lowest BCUT2D eigenvalue weighted by molar-refractivity contribution is -0.137. The van der Waals surface area contributed by atoms with Gasteiger partial charge in [0.1, 0.15) is 0 Å². The molecule has 0 rings (SSSR count). The summed E-state index contributed by atoms with van der Waals surface area (Å²) in [6.45, 7) is 4.56. The molecular formula is C20H38O2. The molecule has 22 heavy (non-hydrogen) atoms. The van der Waals surface area contributed by atoms with Gasteiger partial charge >= 0.3 is 5.97 Å². The number of rotatable bonds is 16. The minimum atomic E-state index is -0.659. The van der Waals surface area contributed by atoms with Gasteiger partial charge in [0, 0.05) is 6.42 Å². The van der Waals surface area contributed by atoms with Crippen LogP contribution < -0.4 is 0 Å². The summed E-state index contributed by atoms with van der Waals surface area (Å²) in [5, 5.41) is 8.58. The first-order valence-corrected chi connectivity index (χ1v) is 9.57. The normalized spacial score (nSPS) is 12.8. The first-order valence-electron chi connectivity index (χ1n) is 9.57. The average molecular weight is 311 g/mol. The fourth-order valence-electron chi connectivity index (χ4n) is 2.87. The minimum absolute atomic E-state index is 0.335. The van der Waals surface area contributed by atoms with Crippen LogP contribution in [0.1, 0.15) is 104 Å². The number of carboxylic acid groups (broad SMARTS) is 1. The third kappa shape index (κ3) is 15.6. The number of carbonyl (C=O) groups is 1. The van der Waals surface area contributed by atoms with Crippen LogP contribution in [0.5, 0.6) is 0 Å². The van der Waals surface area contributed by atoms with E-state index < -0.39 is 5.97 Å². The zero-order chi connectivity index (χ0) is 16.5. The molecule has 0 saturated heterocycles. The van der Waals surface area contributed by atoms with E-state index in [4.69, 9.17) is 5.11 Å². The van der Waals surface area contributed by atoms with Gasteiger partial charge < -0.3 is 5.11 Å². The van der Waals surface area contributed by atoms with Crippen molar-refractivity contribution in [3.05, 3.63) is 12.2 Å². The molecule has 0 heterocycles. The van der Waals surface area contributed by atoms with Crippen molar-refractivity contribution in [1.82, 2.24) is 0 Å². The molecule has 1 atom stereocenters. The zero-order valence-electron chi connectivity index (χ0n) is 15.0. The fourth-order valence-corrected chi connectivity index (χ4v) is 2.87. The van der Waals surface area contributed by atoms with Gasteiger partial charge in [-0.3, -0.25) is 4.79 Å². The summed E-state index contributed by atoms with van der Waals surface area (Å²) >= 11 is 0. The van der Waals surface area contributed by atoms with E-state index in [-0.39, 0.29) is 0 Å². The van der Waals surface area contributed by atoms with Crippen LogP contribution in [-0.2, 0) is 4.79 Å². The first kappa shape index (κ1) is 21.2. The van der Waals surface area contributed by atoms with Crippen LogP contribution in [0.3, 0.4) is 0 Å². The lowest BCUT2D eigenvalue weighted by Gasteiger charge is -2.13. The van der Waals surface area contributed by atoms with E-state index in [1.165, 1.54) is 70.6 Å². The van der Waals surface area contributed by atoms with E-state index in [2.05, 4.69) is 26.0 Å². The molecule has 0 aliphatic rings. The molecule has 2 nitrogen and oxygen atoms in total. The van der Waals surface area contributed by atoms with Crippen LogP contribution in [0.25, 0.3) is 0 Å². The highest BCUT2D eigenvalue weighted by molar-refractivity contribution is 5.66. The standard InChI is InChI=1S/C20H38O2/c1-3-5-6-7-8-10-13-16-19(4-2)17-14-11-9-12-15-18-20(21)22/h8,10,19H,3-7,9,11-18H2,1-2H3,(H,21,22).